The van der Waals surface area contributed by atoms with Gasteiger partial charge in [-0.1, -0.05) is 0 Å². The van der Waals surface area contributed by atoms with Crippen molar-refractivity contribution < 1.29 is 9.59 Å². The Morgan fingerprint density at radius 3 is 1.17 bits per heavy atom. The summed E-state index contributed by atoms with van der Waals surface area (Å²) in [6, 6.07) is 0. The quantitative estimate of drug-likeness (QED) is 0.386. The maximum Gasteiger partial charge on any atom is 0.292 e. The van der Waals surface area contributed by atoms with E-state index in [1.165, 1.54) is 0 Å². The number of hydrogen-bond acceptors (Lipinski definition) is 4. The zero-order valence-corrected chi connectivity index (χ0v) is 17.1. The minimum atomic E-state index is -0.0458. The van der Waals surface area contributed by atoms with Crippen LogP contribution in [0.3, 0.4) is 0 Å². The summed E-state index contributed by atoms with van der Waals surface area (Å²) in [4.78, 5) is 26.6. The smallest absolute Gasteiger partial charge is 0.292 e. The van der Waals surface area contributed by atoms with Gasteiger partial charge in [0.25, 0.3) is 10.5 Å². The summed E-state index contributed by atoms with van der Waals surface area (Å²) in [7, 11) is 2.03. The highest BCUT2D eigenvalue weighted by Gasteiger charge is 2.16. The van der Waals surface area contributed by atoms with Crippen LogP contribution in [0.15, 0.2) is 0 Å². The number of halogens is 2. The summed E-state index contributed by atoms with van der Waals surface area (Å²) < 4.78 is 0. The molecule has 108 valence electrons. The largest absolute Gasteiger partial charge is 0.333 e. The molecule has 0 bridgehead atoms. The SMILES string of the molecule is CCN(CC)C(=O)SSC(=O)N(CC)CC.II. The van der Waals surface area contributed by atoms with Crippen LogP contribution in [0.4, 0.5) is 9.59 Å². The van der Waals surface area contributed by atoms with Crippen molar-refractivity contribution in [2.45, 2.75) is 27.7 Å². The van der Waals surface area contributed by atoms with E-state index in [9.17, 15) is 9.59 Å². The van der Waals surface area contributed by atoms with Gasteiger partial charge in [-0.25, -0.2) is 0 Å². The number of hydrogen-bond donors (Lipinski definition) is 0. The van der Waals surface area contributed by atoms with E-state index in [4.69, 9.17) is 0 Å². The van der Waals surface area contributed by atoms with E-state index < -0.39 is 0 Å². The summed E-state index contributed by atoms with van der Waals surface area (Å²) in [5.74, 6) is 0. The van der Waals surface area contributed by atoms with E-state index in [0.29, 0.717) is 26.2 Å². The molecular formula is C10H20I2N2O2S2. The lowest BCUT2D eigenvalue weighted by Crippen LogP contribution is -2.28. The van der Waals surface area contributed by atoms with Crippen LogP contribution in [0, 0.1) is 0 Å². The zero-order valence-electron chi connectivity index (χ0n) is 11.1. The fourth-order valence-electron chi connectivity index (χ4n) is 1.14. The molecule has 0 aliphatic rings. The first-order valence-corrected chi connectivity index (χ1v) is 14.1. The molecule has 0 N–H and O–H groups in total. The molecule has 0 atom stereocenters. The van der Waals surface area contributed by atoms with Crippen molar-refractivity contribution in [1.29, 1.82) is 0 Å². The summed E-state index contributed by atoms with van der Waals surface area (Å²) in [5, 5.41) is -0.0917. The molecule has 0 aromatic rings. The number of amides is 2. The predicted molar refractivity (Wildman–Crippen MR) is 99.9 cm³/mol. The van der Waals surface area contributed by atoms with Crippen LogP contribution in [-0.2, 0) is 0 Å². The average molecular weight is 518 g/mol. The number of carbonyl (C=O) groups is 2. The topological polar surface area (TPSA) is 40.6 Å². The molecule has 0 aromatic heterocycles. The molecular weight excluding hydrogens is 498 g/mol. The Hall–Kier alpha value is 1.10. The molecule has 0 rings (SSSR count). The summed E-state index contributed by atoms with van der Waals surface area (Å²) in [6.07, 6.45) is 0. The third kappa shape index (κ3) is 9.08. The van der Waals surface area contributed by atoms with Gasteiger partial charge in [0, 0.05) is 85.0 Å². The van der Waals surface area contributed by atoms with Crippen molar-refractivity contribution in [1.82, 2.24) is 9.80 Å². The summed E-state index contributed by atoms with van der Waals surface area (Å²) >= 11 is 4.24. The molecule has 0 aliphatic heterocycles. The number of rotatable bonds is 4. The van der Waals surface area contributed by atoms with Gasteiger partial charge in [0.2, 0.25) is 0 Å². The number of carbonyl (C=O) groups excluding carboxylic acids is 2. The Morgan fingerprint density at radius 2 is 1.00 bits per heavy atom. The highest BCUT2D eigenvalue weighted by molar-refractivity contribution is 15.0. The Balaban J connectivity index is 0. The second-order valence-electron chi connectivity index (χ2n) is 3.04. The molecule has 0 heterocycles. The van der Waals surface area contributed by atoms with Crippen molar-refractivity contribution in [2.24, 2.45) is 0 Å². The molecule has 0 saturated heterocycles. The highest BCUT2D eigenvalue weighted by Crippen LogP contribution is 2.27. The summed E-state index contributed by atoms with van der Waals surface area (Å²) in [6.45, 7) is 10.4. The molecule has 18 heavy (non-hydrogen) atoms. The van der Waals surface area contributed by atoms with Gasteiger partial charge in [0.05, 0.1) is 0 Å². The number of nitrogens with zero attached hydrogens (tertiary/aromatic N) is 2. The van der Waals surface area contributed by atoms with Gasteiger partial charge in [-0.2, -0.15) is 0 Å². The van der Waals surface area contributed by atoms with E-state index in [0.717, 1.165) is 21.6 Å². The normalized spacial score (nSPS) is 9.22. The fourth-order valence-corrected chi connectivity index (χ4v) is 3.07. The van der Waals surface area contributed by atoms with E-state index in [2.05, 4.69) is 37.2 Å². The maximum atomic E-state index is 11.6. The lowest BCUT2D eigenvalue weighted by atomic mass is 10.6. The molecule has 0 aliphatic carbocycles. The first-order chi connectivity index (χ1) is 8.60. The predicted octanol–water partition coefficient (Wildman–Crippen LogP) is 5.06. The van der Waals surface area contributed by atoms with Crippen molar-refractivity contribution in [3.63, 3.8) is 0 Å². The second-order valence-corrected chi connectivity index (χ2v) is 5.07. The minimum Gasteiger partial charge on any atom is -0.333 e. The Labute approximate surface area is 141 Å². The lowest BCUT2D eigenvalue weighted by molar-refractivity contribution is 0.227. The van der Waals surface area contributed by atoms with Crippen LogP contribution >= 0.6 is 58.8 Å². The van der Waals surface area contributed by atoms with E-state index in [-0.39, 0.29) is 10.5 Å². The standard InChI is InChI=1S/C10H20N2O2S2.I2/c1-5-11(6-2)9(13)15-16-10(14)12(7-3)8-4;1-2/h5-8H2,1-4H3;. The Bertz CT molecular complexity index is 214. The van der Waals surface area contributed by atoms with Crippen LogP contribution in [0.25, 0.3) is 0 Å². The van der Waals surface area contributed by atoms with Crippen LogP contribution in [0.1, 0.15) is 27.7 Å². The van der Waals surface area contributed by atoms with Crippen molar-refractivity contribution in [3.8, 4) is 0 Å². The Kier molecular flexibility index (Phi) is 17.2. The van der Waals surface area contributed by atoms with E-state index in [1.54, 1.807) is 9.80 Å². The van der Waals surface area contributed by atoms with Gasteiger partial charge in [-0.3, -0.25) is 9.59 Å². The van der Waals surface area contributed by atoms with Crippen molar-refractivity contribution in [3.05, 3.63) is 0 Å². The maximum absolute atomic E-state index is 11.6. The summed E-state index contributed by atoms with van der Waals surface area (Å²) in [5.41, 5.74) is 0. The lowest BCUT2D eigenvalue weighted by Gasteiger charge is -2.19. The minimum absolute atomic E-state index is 0.0458. The molecule has 4 nitrogen and oxygen atoms in total. The highest BCUT2D eigenvalue weighted by atomic mass is 128. The molecule has 0 saturated carbocycles. The van der Waals surface area contributed by atoms with Crippen LogP contribution in [0.5, 0.6) is 0 Å². The van der Waals surface area contributed by atoms with E-state index >= 15 is 0 Å². The van der Waals surface area contributed by atoms with Gasteiger partial charge in [-0.15, -0.1) is 0 Å². The van der Waals surface area contributed by atoms with Crippen LogP contribution in [0.2, 0.25) is 0 Å². The van der Waals surface area contributed by atoms with Gasteiger partial charge in [0.1, 0.15) is 0 Å². The molecule has 0 unspecified atom stereocenters. The monoisotopic (exact) mass is 518 g/mol. The van der Waals surface area contributed by atoms with Gasteiger partial charge >= 0.3 is 0 Å². The van der Waals surface area contributed by atoms with Crippen LogP contribution in [-0.4, -0.2) is 46.5 Å². The average Bonchev–Trinajstić information content (AvgIpc) is 2.41. The van der Waals surface area contributed by atoms with Gasteiger partial charge in [0.15, 0.2) is 0 Å². The zero-order chi connectivity index (χ0) is 14.6. The van der Waals surface area contributed by atoms with Crippen molar-refractivity contribution in [2.75, 3.05) is 26.2 Å². The molecule has 0 aromatic carbocycles. The molecule has 8 heteroatoms. The molecule has 2 amide bonds. The van der Waals surface area contributed by atoms with Crippen molar-refractivity contribution >= 4 is 69.3 Å². The Morgan fingerprint density at radius 1 is 0.778 bits per heavy atom. The first kappa shape index (κ1) is 21.4. The third-order valence-electron chi connectivity index (χ3n) is 2.23. The molecule has 0 spiro atoms. The van der Waals surface area contributed by atoms with Gasteiger partial charge in [-0.05, 0) is 27.7 Å². The van der Waals surface area contributed by atoms with Gasteiger partial charge < -0.3 is 9.80 Å². The van der Waals surface area contributed by atoms with E-state index in [1.807, 2.05) is 27.7 Å². The second kappa shape index (κ2) is 14.5. The van der Waals surface area contributed by atoms with Crippen LogP contribution < -0.4 is 0 Å². The fraction of sp³-hybridized carbons (Fsp3) is 0.800. The first-order valence-electron chi connectivity index (χ1n) is 5.67. The molecule has 0 radical (unpaired) electrons. The third-order valence-corrected chi connectivity index (χ3v) is 4.22. The molecule has 0 fully saturated rings.